The molecule has 0 radical (unpaired) electrons. The van der Waals surface area contributed by atoms with Crippen LogP contribution in [-0.2, 0) is 0 Å². The van der Waals surface area contributed by atoms with Crippen LogP contribution in [0.1, 0.15) is 58.4 Å². The molecule has 1 aliphatic rings. The summed E-state index contributed by atoms with van der Waals surface area (Å²) in [5.74, 6) is 0.878. The molecule has 0 saturated carbocycles. The lowest BCUT2D eigenvalue weighted by atomic mass is 9.75. The number of benzene rings is 1. The molecule has 1 aromatic rings. The lowest BCUT2D eigenvalue weighted by Gasteiger charge is -2.30. The first kappa shape index (κ1) is 20.8. The van der Waals surface area contributed by atoms with Crippen molar-refractivity contribution >= 4 is 11.8 Å². The maximum Gasteiger partial charge on any atom is 0.128 e. The van der Waals surface area contributed by atoms with E-state index in [0.717, 1.165) is 42.8 Å². The number of hydrogen-bond acceptors (Lipinski definition) is 3. The average Bonchev–Trinajstić information content (AvgIpc) is 2.64. The molecule has 0 fully saturated rings. The van der Waals surface area contributed by atoms with Crippen LogP contribution in [0.4, 0.5) is 5.69 Å². The standard InChI is InChI=1S/C24H32N2O/c1-5-6-14-26-22-12-11-21(23(16-22)27-4)10-9-20-15-19(8-7-13-25)17-24(2,3)18-20/h8-12,15-16,26H,5-7,14,17-18H2,1-4H3/b10-9+,19-8-. The second-order valence-corrected chi connectivity index (χ2v) is 7.95. The fourth-order valence-corrected chi connectivity index (χ4v) is 3.49. The predicted molar refractivity (Wildman–Crippen MR) is 115 cm³/mol. The highest BCUT2D eigenvalue weighted by Crippen LogP contribution is 2.39. The summed E-state index contributed by atoms with van der Waals surface area (Å²) < 4.78 is 5.59. The minimum Gasteiger partial charge on any atom is -0.496 e. The third-order valence-electron chi connectivity index (χ3n) is 4.76. The Morgan fingerprint density at radius 2 is 2.07 bits per heavy atom. The Kier molecular flexibility index (Phi) is 7.73. The molecule has 3 nitrogen and oxygen atoms in total. The highest BCUT2D eigenvalue weighted by atomic mass is 16.5. The normalized spacial score (nSPS) is 17.6. The zero-order chi connectivity index (χ0) is 19.7. The molecule has 0 atom stereocenters. The van der Waals surface area contributed by atoms with Gasteiger partial charge in [-0.1, -0.05) is 57.1 Å². The second kappa shape index (κ2) is 10.0. The molecule has 0 aromatic heterocycles. The van der Waals surface area contributed by atoms with E-state index in [-0.39, 0.29) is 5.41 Å². The van der Waals surface area contributed by atoms with Crippen molar-refractivity contribution in [2.75, 3.05) is 19.0 Å². The molecule has 144 valence electrons. The Morgan fingerprint density at radius 1 is 1.26 bits per heavy atom. The maximum absolute atomic E-state index is 8.84. The molecule has 0 spiro atoms. The number of rotatable bonds is 8. The molecule has 0 heterocycles. The highest BCUT2D eigenvalue weighted by Gasteiger charge is 2.24. The lowest BCUT2D eigenvalue weighted by Crippen LogP contribution is -2.16. The smallest absolute Gasteiger partial charge is 0.128 e. The van der Waals surface area contributed by atoms with Gasteiger partial charge in [-0.2, -0.15) is 5.26 Å². The molecule has 0 saturated heterocycles. The minimum atomic E-state index is 0.215. The van der Waals surface area contributed by atoms with Crippen LogP contribution in [0.2, 0.25) is 0 Å². The van der Waals surface area contributed by atoms with Gasteiger partial charge in [0, 0.05) is 23.9 Å². The molecule has 1 aromatic carbocycles. The van der Waals surface area contributed by atoms with E-state index in [1.165, 1.54) is 17.6 Å². The minimum absolute atomic E-state index is 0.215. The van der Waals surface area contributed by atoms with E-state index in [1.807, 2.05) is 6.08 Å². The van der Waals surface area contributed by atoms with Gasteiger partial charge < -0.3 is 10.1 Å². The number of hydrogen-bond donors (Lipinski definition) is 1. The number of allylic oxidation sites excluding steroid dienone is 5. The van der Waals surface area contributed by atoms with Crippen LogP contribution in [0.3, 0.4) is 0 Å². The fraction of sp³-hybridized carbons (Fsp3) is 0.458. The van der Waals surface area contributed by atoms with Crippen molar-refractivity contribution in [3.8, 4) is 11.8 Å². The van der Waals surface area contributed by atoms with Crippen molar-refractivity contribution in [3.05, 3.63) is 53.1 Å². The quantitative estimate of drug-likeness (QED) is 0.535. The van der Waals surface area contributed by atoms with E-state index in [9.17, 15) is 0 Å². The summed E-state index contributed by atoms with van der Waals surface area (Å²) in [7, 11) is 1.72. The number of nitrogens with zero attached hydrogens (tertiary/aromatic N) is 1. The van der Waals surface area contributed by atoms with Gasteiger partial charge in [0.05, 0.1) is 19.6 Å². The summed E-state index contributed by atoms with van der Waals surface area (Å²) in [6, 6.07) is 8.48. The van der Waals surface area contributed by atoms with Crippen molar-refractivity contribution in [2.24, 2.45) is 5.41 Å². The summed E-state index contributed by atoms with van der Waals surface area (Å²) >= 11 is 0. The summed E-state index contributed by atoms with van der Waals surface area (Å²) in [6.45, 7) is 7.74. The first-order valence-electron chi connectivity index (χ1n) is 9.84. The van der Waals surface area contributed by atoms with Gasteiger partial charge >= 0.3 is 0 Å². The number of anilines is 1. The molecule has 2 rings (SSSR count). The van der Waals surface area contributed by atoms with Crippen molar-refractivity contribution in [2.45, 2.75) is 52.9 Å². The van der Waals surface area contributed by atoms with E-state index < -0.39 is 0 Å². The molecule has 0 bridgehead atoms. The third kappa shape index (κ3) is 6.64. The van der Waals surface area contributed by atoms with E-state index in [4.69, 9.17) is 10.00 Å². The Labute approximate surface area is 164 Å². The number of ether oxygens (including phenoxy) is 1. The van der Waals surface area contributed by atoms with E-state index >= 15 is 0 Å². The maximum atomic E-state index is 8.84. The molecule has 3 heteroatoms. The number of nitriles is 1. The summed E-state index contributed by atoms with van der Waals surface area (Å²) in [4.78, 5) is 0. The Morgan fingerprint density at radius 3 is 2.78 bits per heavy atom. The van der Waals surface area contributed by atoms with Gasteiger partial charge in [-0.3, -0.25) is 0 Å². The topological polar surface area (TPSA) is 45.0 Å². The third-order valence-corrected chi connectivity index (χ3v) is 4.76. The van der Waals surface area contributed by atoms with E-state index in [2.05, 4.69) is 68.6 Å². The van der Waals surface area contributed by atoms with Crippen LogP contribution >= 0.6 is 0 Å². The molecule has 0 aliphatic heterocycles. The summed E-state index contributed by atoms with van der Waals surface area (Å²) in [6.07, 6.45) is 13.5. The van der Waals surface area contributed by atoms with Gasteiger partial charge in [-0.05, 0) is 42.4 Å². The molecule has 0 unspecified atom stereocenters. The number of unbranched alkanes of at least 4 members (excludes halogenated alkanes) is 1. The van der Waals surface area contributed by atoms with Crippen molar-refractivity contribution < 1.29 is 4.74 Å². The summed E-state index contributed by atoms with van der Waals surface area (Å²) in [5, 5.41) is 12.3. The first-order chi connectivity index (χ1) is 13.0. The van der Waals surface area contributed by atoms with Crippen LogP contribution < -0.4 is 10.1 Å². The van der Waals surface area contributed by atoms with Gasteiger partial charge in [0.25, 0.3) is 0 Å². The van der Waals surface area contributed by atoms with Crippen LogP contribution in [-0.4, -0.2) is 13.7 Å². The Hall–Kier alpha value is -2.47. The van der Waals surface area contributed by atoms with Crippen molar-refractivity contribution in [3.63, 3.8) is 0 Å². The zero-order valence-electron chi connectivity index (χ0n) is 17.1. The van der Waals surface area contributed by atoms with E-state index in [0.29, 0.717) is 6.42 Å². The average molecular weight is 365 g/mol. The van der Waals surface area contributed by atoms with Crippen LogP contribution in [0, 0.1) is 16.7 Å². The molecular weight excluding hydrogens is 332 g/mol. The van der Waals surface area contributed by atoms with Crippen LogP contribution in [0.15, 0.2) is 47.6 Å². The largest absolute Gasteiger partial charge is 0.496 e. The molecule has 27 heavy (non-hydrogen) atoms. The highest BCUT2D eigenvalue weighted by molar-refractivity contribution is 5.64. The predicted octanol–water partition coefficient (Wildman–Crippen LogP) is 6.51. The zero-order valence-corrected chi connectivity index (χ0v) is 17.1. The SMILES string of the molecule is CCCCNc1ccc(/C=C/C2=CC(=C/CC#N)/CC(C)(C)C2)c(OC)c1. The monoisotopic (exact) mass is 364 g/mol. The van der Waals surface area contributed by atoms with Gasteiger partial charge in [-0.25, -0.2) is 0 Å². The lowest BCUT2D eigenvalue weighted by molar-refractivity contribution is 0.355. The van der Waals surface area contributed by atoms with Gasteiger partial charge in [-0.15, -0.1) is 0 Å². The van der Waals surface area contributed by atoms with Crippen molar-refractivity contribution in [1.82, 2.24) is 0 Å². The van der Waals surface area contributed by atoms with Gasteiger partial charge in [0.1, 0.15) is 5.75 Å². The number of nitrogens with one attached hydrogen (secondary N) is 1. The summed E-state index contributed by atoms with van der Waals surface area (Å²) in [5.41, 5.74) is 4.94. The van der Waals surface area contributed by atoms with Gasteiger partial charge in [0.15, 0.2) is 0 Å². The fourth-order valence-electron chi connectivity index (χ4n) is 3.49. The Bertz CT molecular complexity index is 763. The first-order valence-corrected chi connectivity index (χ1v) is 9.84. The molecule has 1 aliphatic carbocycles. The molecule has 0 amide bonds. The second-order valence-electron chi connectivity index (χ2n) is 7.95. The number of methoxy groups -OCH3 is 1. The van der Waals surface area contributed by atoms with Gasteiger partial charge in [0.2, 0.25) is 0 Å². The molecular formula is C24H32N2O. The Balaban J connectivity index is 2.18. The van der Waals surface area contributed by atoms with Crippen LogP contribution in [0.5, 0.6) is 5.75 Å². The molecule has 1 N–H and O–H groups in total. The van der Waals surface area contributed by atoms with E-state index in [1.54, 1.807) is 7.11 Å². The van der Waals surface area contributed by atoms with Crippen molar-refractivity contribution in [1.29, 1.82) is 5.26 Å². The van der Waals surface area contributed by atoms with Crippen LogP contribution in [0.25, 0.3) is 6.08 Å².